The quantitative estimate of drug-likeness (QED) is 0.539. The number of likely N-dealkylation sites (tertiary alicyclic amines) is 1. The first-order chi connectivity index (χ1) is 13.0. The largest absolute Gasteiger partial charge is 0.469 e. The molecule has 1 fully saturated rings. The Bertz CT molecular complexity index is 619. The first kappa shape index (κ1) is 22.4. The first-order valence-corrected chi connectivity index (χ1v) is 9.29. The van der Waals surface area contributed by atoms with Crippen molar-refractivity contribution in [3.8, 4) is 0 Å². The summed E-state index contributed by atoms with van der Waals surface area (Å²) in [4.78, 5) is 36.1. The summed E-state index contributed by atoms with van der Waals surface area (Å²) in [5.41, 5.74) is -2.20. The van der Waals surface area contributed by atoms with Gasteiger partial charge in [-0.25, -0.2) is 19.7 Å². The summed E-state index contributed by atoms with van der Waals surface area (Å²) >= 11 is 0. The van der Waals surface area contributed by atoms with E-state index in [9.17, 15) is 14.7 Å². The number of ether oxygens (including phenoxy) is 3. The number of carbonyl (C=O) groups excluding carboxylic acids is 2. The molecule has 0 saturated carbocycles. The van der Waals surface area contributed by atoms with Crippen LogP contribution in [0, 0.1) is 5.92 Å². The number of aliphatic hydroxyl groups excluding tert-OH is 1. The third-order valence-corrected chi connectivity index (χ3v) is 4.59. The monoisotopic (exact) mass is 401 g/mol. The van der Waals surface area contributed by atoms with Crippen LogP contribution in [0.3, 0.4) is 0 Å². The van der Waals surface area contributed by atoms with E-state index >= 15 is 0 Å². The summed E-state index contributed by atoms with van der Waals surface area (Å²) in [6.45, 7) is 6.46. The molecule has 3 atom stereocenters. The van der Waals surface area contributed by atoms with Gasteiger partial charge in [-0.05, 0) is 33.6 Å². The van der Waals surface area contributed by atoms with Gasteiger partial charge in [0.15, 0.2) is 0 Å². The van der Waals surface area contributed by atoms with Gasteiger partial charge < -0.3 is 24.2 Å². The van der Waals surface area contributed by atoms with Crippen LogP contribution in [-0.4, -0.2) is 84.9 Å². The Balaban J connectivity index is 2.21. The van der Waals surface area contributed by atoms with Gasteiger partial charge in [0.1, 0.15) is 17.9 Å². The smallest absolute Gasteiger partial charge is 0.410 e. The van der Waals surface area contributed by atoms with Gasteiger partial charge in [-0.1, -0.05) is 0 Å². The van der Waals surface area contributed by atoms with Crippen LogP contribution >= 0.6 is 0 Å². The topological polar surface area (TPSA) is 110 Å². The maximum atomic E-state index is 12.4. The average molecular weight is 401 g/mol. The molecule has 28 heavy (non-hydrogen) atoms. The van der Waals surface area contributed by atoms with Crippen LogP contribution < -0.4 is 0 Å². The van der Waals surface area contributed by atoms with Crippen LogP contribution in [-0.2, 0) is 23.8 Å². The second-order valence-electron chi connectivity index (χ2n) is 8.01. The molecule has 2 aliphatic heterocycles. The minimum absolute atomic E-state index is 0.130. The highest BCUT2D eigenvalue weighted by Gasteiger charge is 2.50. The molecule has 0 spiro atoms. The number of hydrogen-bond donors (Lipinski definition) is 1. The van der Waals surface area contributed by atoms with Crippen LogP contribution in [0.4, 0.5) is 4.79 Å². The van der Waals surface area contributed by atoms with Crippen LogP contribution in [0.15, 0.2) is 4.99 Å². The highest BCUT2D eigenvalue weighted by Crippen LogP contribution is 2.34. The van der Waals surface area contributed by atoms with Crippen molar-refractivity contribution in [1.82, 2.24) is 9.96 Å². The third kappa shape index (κ3) is 5.12. The van der Waals surface area contributed by atoms with E-state index in [-0.39, 0.29) is 18.4 Å². The van der Waals surface area contributed by atoms with Crippen molar-refractivity contribution in [1.29, 1.82) is 0 Å². The van der Waals surface area contributed by atoms with Gasteiger partial charge in [-0.2, -0.15) is 0 Å². The number of aliphatic hydroxyl groups is 1. The Hall–Kier alpha value is -1.91. The van der Waals surface area contributed by atoms with E-state index in [0.717, 1.165) is 12.8 Å². The Morgan fingerprint density at radius 2 is 2.07 bits per heavy atom. The molecule has 2 heterocycles. The standard InChI is InChI=1S/C18H31N3O7/c1-17(2,3)27-16(24)21-9-7-8-12(11-21)14-19-18(15(23)26-6,28-20(14)4)10-13(22)25-5/h12,15,23H,7-11H2,1-6H3. The molecule has 1 N–H and O–H groups in total. The number of methoxy groups -OCH3 is 2. The molecular formula is C18H31N3O7. The highest BCUT2D eigenvalue weighted by atomic mass is 16.7. The van der Waals surface area contributed by atoms with E-state index in [1.807, 2.05) is 20.8 Å². The molecule has 1 amide bonds. The number of nitrogens with zero attached hydrogens (tertiary/aromatic N) is 3. The average Bonchev–Trinajstić information content (AvgIpc) is 2.96. The van der Waals surface area contributed by atoms with E-state index in [1.54, 1.807) is 11.9 Å². The Morgan fingerprint density at radius 1 is 1.39 bits per heavy atom. The molecular weight excluding hydrogens is 370 g/mol. The van der Waals surface area contributed by atoms with Crippen molar-refractivity contribution >= 4 is 17.9 Å². The van der Waals surface area contributed by atoms with Crippen LogP contribution in [0.5, 0.6) is 0 Å². The molecule has 0 aliphatic carbocycles. The summed E-state index contributed by atoms with van der Waals surface area (Å²) in [5.74, 6) is -0.184. The number of carbonyl (C=O) groups is 2. The zero-order valence-corrected chi connectivity index (χ0v) is 17.4. The maximum Gasteiger partial charge on any atom is 0.410 e. The molecule has 3 unspecified atom stereocenters. The van der Waals surface area contributed by atoms with Crippen LogP contribution in [0.25, 0.3) is 0 Å². The summed E-state index contributed by atoms with van der Waals surface area (Å²) in [6, 6.07) is 0. The second kappa shape index (κ2) is 8.62. The number of rotatable bonds is 5. The van der Waals surface area contributed by atoms with E-state index in [1.165, 1.54) is 19.3 Å². The molecule has 0 aromatic heterocycles. The van der Waals surface area contributed by atoms with Crippen molar-refractivity contribution in [2.45, 2.75) is 57.6 Å². The third-order valence-electron chi connectivity index (χ3n) is 4.59. The van der Waals surface area contributed by atoms with Gasteiger partial charge in [-0.15, -0.1) is 0 Å². The normalized spacial score (nSPS) is 26.7. The summed E-state index contributed by atoms with van der Waals surface area (Å²) < 4.78 is 15.1. The predicted octanol–water partition coefficient (Wildman–Crippen LogP) is 1.13. The molecule has 160 valence electrons. The van der Waals surface area contributed by atoms with Gasteiger partial charge in [0.05, 0.1) is 7.11 Å². The fourth-order valence-electron chi connectivity index (χ4n) is 3.32. The number of aliphatic imine (C=N–C) groups is 1. The first-order valence-electron chi connectivity index (χ1n) is 9.29. The van der Waals surface area contributed by atoms with E-state index < -0.39 is 23.6 Å². The lowest BCUT2D eigenvalue weighted by Crippen LogP contribution is -2.47. The predicted molar refractivity (Wildman–Crippen MR) is 99.2 cm³/mol. The number of amides is 1. The molecule has 0 radical (unpaired) electrons. The van der Waals surface area contributed by atoms with E-state index in [4.69, 9.17) is 19.0 Å². The van der Waals surface area contributed by atoms with E-state index in [0.29, 0.717) is 18.9 Å². The zero-order valence-electron chi connectivity index (χ0n) is 17.4. The molecule has 0 aromatic carbocycles. The Labute approximate surface area is 165 Å². The number of hydrogen-bond acceptors (Lipinski definition) is 9. The fourth-order valence-corrected chi connectivity index (χ4v) is 3.32. The van der Waals surface area contributed by atoms with Gasteiger partial charge in [0, 0.05) is 33.2 Å². The summed E-state index contributed by atoms with van der Waals surface area (Å²) in [5, 5.41) is 11.7. The molecule has 0 bridgehead atoms. The molecule has 1 saturated heterocycles. The maximum absolute atomic E-state index is 12.4. The zero-order chi connectivity index (χ0) is 21.1. The van der Waals surface area contributed by atoms with Crippen molar-refractivity contribution in [2.75, 3.05) is 34.4 Å². The molecule has 10 nitrogen and oxygen atoms in total. The Morgan fingerprint density at radius 3 is 2.64 bits per heavy atom. The molecule has 0 aromatic rings. The van der Waals surface area contributed by atoms with Gasteiger partial charge in [0.2, 0.25) is 12.0 Å². The fraction of sp³-hybridized carbons (Fsp3) is 0.833. The minimum Gasteiger partial charge on any atom is -0.469 e. The summed E-state index contributed by atoms with van der Waals surface area (Å²) in [7, 11) is 4.19. The number of esters is 1. The lowest BCUT2D eigenvalue weighted by atomic mass is 9.96. The molecule has 2 rings (SSSR count). The molecule has 10 heteroatoms. The van der Waals surface area contributed by atoms with Gasteiger partial charge >= 0.3 is 12.1 Å². The van der Waals surface area contributed by atoms with E-state index in [2.05, 4.69) is 4.99 Å². The van der Waals surface area contributed by atoms with Crippen molar-refractivity contribution in [2.24, 2.45) is 10.9 Å². The lowest BCUT2D eigenvalue weighted by molar-refractivity contribution is -0.271. The van der Waals surface area contributed by atoms with Crippen molar-refractivity contribution < 1.29 is 33.7 Å². The SMILES string of the molecule is COC(=O)CC1(C(O)OC)N=C(C2CCCN(C(=O)OC(C)(C)C)C2)N(C)O1. The lowest BCUT2D eigenvalue weighted by Gasteiger charge is -2.35. The minimum atomic E-state index is -1.62. The van der Waals surface area contributed by atoms with Crippen molar-refractivity contribution in [3.05, 3.63) is 0 Å². The Kier molecular flexibility index (Phi) is 6.89. The van der Waals surface area contributed by atoms with Gasteiger partial charge in [0.25, 0.3) is 0 Å². The number of piperidine rings is 1. The second-order valence-corrected chi connectivity index (χ2v) is 8.01. The highest BCUT2D eigenvalue weighted by molar-refractivity contribution is 5.86. The summed E-state index contributed by atoms with van der Waals surface area (Å²) in [6.07, 6.45) is -0.597. The number of amidine groups is 1. The van der Waals surface area contributed by atoms with Crippen LogP contribution in [0.1, 0.15) is 40.0 Å². The van der Waals surface area contributed by atoms with Crippen LogP contribution in [0.2, 0.25) is 0 Å². The molecule has 2 aliphatic rings. The van der Waals surface area contributed by atoms with Crippen molar-refractivity contribution in [3.63, 3.8) is 0 Å². The number of hydroxylamine groups is 2. The van der Waals surface area contributed by atoms with Gasteiger partial charge in [-0.3, -0.25) is 4.79 Å².